The second-order valence-electron chi connectivity index (χ2n) is 10.4. The summed E-state index contributed by atoms with van der Waals surface area (Å²) in [5.41, 5.74) is 3.50. The average Bonchev–Trinajstić information content (AvgIpc) is 3.37. The van der Waals surface area contributed by atoms with Gasteiger partial charge in [0.05, 0.1) is 21.7 Å². The van der Waals surface area contributed by atoms with Crippen LogP contribution in [0.5, 0.6) is 0 Å². The number of hydrogen-bond donors (Lipinski definition) is 5. The minimum Gasteiger partial charge on any atom is -0.480 e. The van der Waals surface area contributed by atoms with Crippen LogP contribution in [0.25, 0.3) is 22.0 Å². The van der Waals surface area contributed by atoms with Crippen LogP contribution in [-0.4, -0.2) is 73.4 Å². The van der Waals surface area contributed by atoms with Gasteiger partial charge in [-0.15, -0.1) is 0 Å². The maximum Gasteiger partial charge on any atom is 0.323 e. The molecule has 0 spiro atoms. The molecule has 2 atom stereocenters. The van der Waals surface area contributed by atoms with E-state index >= 15 is 0 Å². The topological polar surface area (TPSA) is 167 Å². The Morgan fingerprint density at radius 3 is 2.50 bits per heavy atom. The standard InChI is InChI=1S/C31H35N7O5S/c1-38-28-24(26(36-38)12-6-17-32-31-33-18-7-19-34-31)10-5-11-25(28)29(39)35-20-27(30(40)41)37-44(42,43)23-15-13-22(14-16-23)21-8-3-2-4-9-21/h2-5,8-11,13-16,18,27,31-32,34,37H,6-7,12,17,19-20H2,1H3,(H,35,39)(H,40,41). The van der Waals surface area contributed by atoms with Crippen molar-refractivity contribution in [1.29, 1.82) is 0 Å². The lowest BCUT2D eigenvalue weighted by atomic mass is 10.1. The molecule has 1 aliphatic rings. The number of carboxylic acids is 1. The Balaban J connectivity index is 1.22. The highest BCUT2D eigenvalue weighted by molar-refractivity contribution is 7.89. The van der Waals surface area contributed by atoms with Gasteiger partial charge in [-0.3, -0.25) is 29.9 Å². The number of amides is 1. The molecule has 1 amide bonds. The Kier molecular flexibility index (Phi) is 9.80. The number of rotatable bonds is 13. The molecule has 2 unspecified atom stereocenters. The Morgan fingerprint density at radius 1 is 1.05 bits per heavy atom. The highest BCUT2D eigenvalue weighted by atomic mass is 32.2. The molecule has 5 N–H and O–H groups in total. The first-order chi connectivity index (χ1) is 21.2. The van der Waals surface area contributed by atoms with E-state index in [0.717, 1.165) is 48.1 Å². The van der Waals surface area contributed by atoms with E-state index in [1.807, 2.05) is 42.6 Å². The van der Waals surface area contributed by atoms with Crippen molar-refractivity contribution >= 4 is 39.0 Å². The predicted octanol–water partition coefficient (Wildman–Crippen LogP) is 2.27. The number of fused-ring (bicyclic) bond motifs is 1. The van der Waals surface area contributed by atoms with E-state index in [0.29, 0.717) is 17.5 Å². The highest BCUT2D eigenvalue weighted by Gasteiger charge is 2.27. The quantitative estimate of drug-likeness (QED) is 0.143. The van der Waals surface area contributed by atoms with Gasteiger partial charge in [-0.25, -0.2) is 8.42 Å². The number of benzene rings is 3. The minimum absolute atomic E-state index is 0.0835. The van der Waals surface area contributed by atoms with Gasteiger partial charge in [-0.1, -0.05) is 54.6 Å². The van der Waals surface area contributed by atoms with E-state index in [-0.39, 0.29) is 11.2 Å². The first-order valence-electron chi connectivity index (χ1n) is 14.3. The third kappa shape index (κ3) is 7.37. The second-order valence-corrected chi connectivity index (χ2v) is 12.1. The Bertz CT molecular complexity index is 1760. The molecule has 3 aromatic carbocycles. The van der Waals surface area contributed by atoms with Gasteiger partial charge >= 0.3 is 5.97 Å². The fourth-order valence-corrected chi connectivity index (χ4v) is 6.29. The van der Waals surface area contributed by atoms with Crippen LogP contribution in [0.3, 0.4) is 0 Å². The molecule has 44 heavy (non-hydrogen) atoms. The zero-order valence-corrected chi connectivity index (χ0v) is 25.0. The van der Waals surface area contributed by atoms with Crippen LogP contribution in [-0.2, 0) is 28.3 Å². The maximum atomic E-state index is 13.2. The lowest BCUT2D eigenvalue weighted by Gasteiger charge is -2.18. The second kappa shape index (κ2) is 13.9. The molecular weight excluding hydrogens is 582 g/mol. The number of carbonyl (C=O) groups excluding carboxylic acids is 1. The number of aromatic nitrogens is 2. The molecule has 0 fully saturated rings. The Hall–Kier alpha value is -4.43. The molecular formula is C31H35N7O5S. The Labute approximate surface area is 255 Å². The van der Waals surface area contributed by atoms with E-state index in [9.17, 15) is 23.1 Å². The van der Waals surface area contributed by atoms with Crippen molar-refractivity contribution in [2.75, 3.05) is 19.6 Å². The van der Waals surface area contributed by atoms with Crippen LogP contribution >= 0.6 is 0 Å². The first kappa shape index (κ1) is 31.0. The van der Waals surface area contributed by atoms with Gasteiger partial charge in [0.2, 0.25) is 10.0 Å². The van der Waals surface area contributed by atoms with Crippen LogP contribution in [0.1, 0.15) is 28.9 Å². The first-order valence-corrected chi connectivity index (χ1v) is 15.8. The summed E-state index contributed by atoms with van der Waals surface area (Å²) in [6, 6.07) is 19.3. The summed E-state index contributed by atoms with van der Waals surface area (Å²) < 4.78 is 29.9. The maximum absolute atomic E-state index is 13.2. The molecule has 2 heterocycles. The number of aliphatic imine (C=N–C) groups is 1. The number of sulfonamides is 1. The molecule has 0 radical (unpaired) electrons. The molecule has 5 rings (SSSR count). The van der Waals surface area contributed by atoms with Gasteiger partial charge in [-0.2, -0.15) is 9.82 Å². The summed E-state index contributed by atoms with van der Waals surface area (Å²) in [5, 5.41) is 24.4. The summed E-state index contributed by atoms with van der Waals surface area (Å²) in [4.78, 5) is 29.5. The van der Waals surface area contributed by atoms with Gasteiger partial charge in [0.15, 0.2) is 6.29 Å². The van der Waals surface area contributed by atoms with E-state index < -0.39 is 34.5 Å². The van der Waals surface area contributed by atoms with Crippen LogP contribution in [0.4, 0.5) is 0 Å². The van der Waals surface area contributed by atoms with Crippen LogP contribution in [0, 0.1) is 0 Å². The van der Waals surface area contributed by atoms with Gasteiger partial charge in [0, 0.05) is 31.7 Å². The molecule has 1 aromatic heterocycles. The van der Waals surface area contributed by atoms with Crippen molar-refractivity contribution in [3.05, 3.63) is 84.1 Å². The van der Waals surface area contributed by atoms with Crippen LogP contribution in [0.15, 0.2) is 82.7 Å². The van der Waals surface area contributed by atoms with Crippen molar-refractivity contribution in [2.24, 2.45) is 12.0 Å². The number of carboxylic acid groups (broad SMARTS) is 1. The molecule has 0 aliphatic carbocycles. The predicted molar refractivity (Wildman–Crippen MR) is 168 cm³/mol. The normalized spacial score (nSPS) is 15.7. The Morgan fingerprint density at radius 2 is 1.80 bits per heavy atom. The van der Waals surface area contributed by atoms with Gasteiger partial charge in [0.1, 0.15) is 6.04 Å². The number of para-hydroxylation sites is 1. The highest BCUT2D eigenvalue weighted by Crippen LogP contribution is 2.24. The van der Waals surface area contributed by atoms with Crippen LogP contribution in [0.2, 0.25) is 0 Å². The minimum atomic E-state index is -4.19. The lowest BCUT2D eigenvalue weighted by Crippen LogP contribution is -2.48. The zero-order chi connectivity index (χ0) is 31.1. The summed E-state index contributed by atoms with van der Waals surface area (Å²) in [7, 11) is -2.44. The third-order valence-electron chi connectivity index (χ3n) is 7.31. The third-order valence-corrected chi connectivity index (χ3v) is 8.80. The SMILES string of the molecule is Cn1nc(CCCNC2N=CCCN2)c2cccc(C(=O)NCC(NS(=O)(=O)c3ccc(-c4ccccc4)cc3)C(=O)O)c21. The summed E-state index contributed by atoms with van der Waals surface area (Å²) in [6.07, 6.45) is 4.24. The number of carbonyl (C=O) groups is 2. The summed E-state index contributed by atoms with van der Waals surface area (Å²) in [5.74, 6) is -1.95. The summed E-state index contributed by atoms with van der Waals surface area (Å²) in [6.45, 7) is 1.16. The number of aryl methyl sites for hydroxylation is 2. The van der Waals surface area contributed by atoms with Crippen molar-refractivity contribution in [3.8, 4) is 11.1 Å². The van der Waals surface area contributed by atoms with Crippen molar-refractivity contribution in [3.63, 3.8) is 0 Å². The number of hydrogen-bond acceptors (Lipinski definition) is 8. The smallest absolute Gasteiger partial charge is 0.323 e. The number of aliphatic carboxylic acids is 1. The van der Waals surface area contributed by atoms with E-state index in [4.69, 9.17) is 0 Å². The molecule has 0 bridgehead atoms. The lowest BCUT2D eigenvalue weighted by molar-refractivity contribution is -0.138. The molecule has 1 aliphatic heterocycles. The van der Waals surface area contributed by atoms with Gasteiger partial charge < -0.3 is 10.4 Å². The fourth-order valence-electron chi connectivity index (χ4n) is 5.10. The van der Waals surface area contributed by atoms with Crippen LogP contribution < -0.4 is 20.7 Å². The molecule has 12 nitrogen and oxygen atoms in total. The van der Waals surface area contributed by atoms with Crippen molar-refractivity contribution in [1.82, 2.24) is 30.5 Å². The number of nitrogens with one attached hydrogen (secondary N) is 4. The number of nitrogens with zero attached hydrogens (tertiary/aromatic N) is 3. The molecule has 230 valence electrons. The molecule has 4 aromatic rings. The van der Waals surface area contributed by atoms with Gasteiger partial charge in [-0.05, 0) is 55.1 Å². The van der Waals surface area contributed by atoms with Crippen molar-refractivity contribution < 1.29 is 23.1 Å². The van der Waals surface area contributed by atoms with E-state index in [2.05, 4.69) is 30.8 Å². The van der Waals surface area contributed by atoms with E-state index in [1.165, 1.54) is 12.1 Å². The van der Waals surface area contributed by atoms with E-state index in [1.54, 1.807) is 36.0 Å². The fraction of sp³-hybridized carbons (Fsp3) is 0.290. The molecule has 0 saturated heterocycles. The monoisotopic (exact) mass is 617 g/mol. The molecule has 13 heteroatoms. The average molecular weight is 618 g/mol. The van der Waals surface area contributed by atoms with Gasteiger partial charge in [0.25, 0.3) is 5.91 Å². The largest absolute Gasteiger partial charge is 0.480 e. The van der Waals surface area contributed by atoms with Crippen molar-refractivity contribution in [2.45, 2.75) is 36.5 Å². The molecule has 0 saturated carbocycles. The summed E-state index contributed by atoms with van der Waals surface area (Å²) >= 11 is 0. The zero-order valence-electron chi connectivity index (χ0n) is 24.2.